The van der Waals surface area contributed by atoms with Crippen molar-refractivity contribution in [3.05, 3.63) is 41.0 Å². The summed E-state index contributed by atoms with van der Waals surface area (Å²) in [4.78, 5) is 19.4. The lowest BCUT2D eigenvalue weighted by atomic mass is 9.91. The number of ether oxygens (including phenoxy) is 1. The number of fused-ring (bicyclic) bond motifs is 2. The normalized spacial score (nSPS) is 16.4. The van der Waals surface area contributed by atoms with Crippen molar-refractivity contribution >= 4 is 17.0 Å². The fourth-order valence-corrected chi connectivity index (χ4v) is 3.79. The zero-order chi connectivity index (χ0) is 19.0. The van der Waals surface area contributed by atoms with Crippen molar-refractivity contribution in [3.63, 3.8) is 0 Å². The van der Waals surface area contributed by atoms with E-state index in [1.165, 1.54) is 0 Å². The van der Waals surface area contributed by atoms with Gasteiger partial charge in [0.15, 0.2) is 5.69 Å². The summed E-state index contributed by atoms with van der Waals surface area (Å²) in [6, 6.07) is 5.95. The van der Waals surface area contributed by atoms with Crippen molar-refractivity contribution in [3.8, 4) is 5.75 Å². The van der Waals surface area contributed by atoms with E-state index in [1.807, 2.05) is 29.8 Å². The minimum Gasteiger partial charge on any atom is -0.497 e. The van der Waals surface area contributed by atoms with Gasteiger partial charge in [-0.25, -0.2) is 9.78 Å². The number of methoxy groups -OCH3 is 1. The summed E-state index contributed by atoms with van der Waals surface area (Å²) < 4.78 is 7.06. The molecule has 3 N–H and O–H groups in total. The molecule has 1 aliphatic rings. The lowest BCUT2D eigenvalue weighted by molar-refractivity contribution is 0.0688. The number of aryl methyl sites for hydroxylation is 1. The second kappa shape index (κ2) is 7.03. The topological polar surface area (TPSA) is 105 Å². The van der Waals surface area contributed by atoms with Crippen molar-refractivity contribution in [2.24, 2.45) is 0 Å². The Labute approximate surface area is 156 Å². The highest BCUT2D eigenvalue weighted by atomic mass is 16.5. The van der Waals surface area contributed by atoms with Crippen molar-refractivity contribution < 1.29 is 14.6 Å². The van der Waals surface area contributed by atoms with Gasteiger partial charge in [-0.3, -0.25) is 4.68 Å². The van der Waals surface area contributed by atoms with Gasteiger partial charge < -0.3 is 20.1 Å². The first kappa shape index (κ1) is 17.5. The van der Waals surface area contributed by atoms with Crippen molar-refractivity contribution in [2.75, 3.05) is 7.11 Å². The minimum absolute atomic E-state index is 0.189. The Morgan fingerprint density at radius 1 is 1.48 bits per heavy atom. The molecule has 1 atom stereocenters. The smallest absolute Gasteiger partial charge is 0.356 e. The van der Waals surface area contributed by atoms with Crippen LogP contribution in [0.5, 0.6) is 5.75 Å². The molecule has 8 heteroatoms. The van der Waals surface area contributed by atoms with E-state index in [9.17, 15) is 9.90 Å². The number of imidazole rings is 1. The van der Waals surface area contributed by atoms with Gasteiger partial charge in [0.2, 0.25) is 0 Å². The van der Waals surface area contributed by atoms with Crippen LogP contribution in [0.4, 0.5) is 0 Å². The molecule has 3 aromatic rings. The zero-order valence-corrected chi connectivity index (χ0v) is 15.5. The number of H-pyrrole nitrogens is 1. The van der Waals surface area contributed by atoms with Crippen LogP contribution in [0.25, 0.3) is 11.0 Å². The van der Waals surface area contributed by atoms with E-state index < -0.39 is 5.97 Å². The maximum atomic E-state index is 11.5. The van der Waals surface area contributed by atoms with Gasteiger partial charge in [0.1, 0.15) is 11.6 Å². The average molecular weight is 369 g/mol. The van der Waals surface area contributed by atoms with Gasteiger partial charge in [0.25, 0.3) is 0 Å². The van der Waals surface area contributed by atoms with Crippen LogP contribution in [-0.4, -0.2) is 44.0 Å². The molecule has 2 aromatic heterocycles. The lowest BCUT2D eigenvalue weighted by Crippen LogP contribution is -2.35. The highest BCUT2D eigenvalue weighted by Gasteiger charge is 2.28. The number of aromatic carboxylic acids is 1. The summed E-state index contributed by atoms with van der Waals surface area (Å²) >= 11 is 0. The third kappa shape index (κ3) is 3.28. The van der Waals surface area contributed by atoms with E-state index in [-0.39, 0.29) is 11.7 Å². The molecule has 8 nitrogen and oxygen atoms in total. The second-order valence-electron chi connectivity index (χ2n) is 6.78. The largest absolute Gasteiger partial charge is 0.497 e. The fourth-order valence-electron chi connectivity index (χ4n) is 3.79. The Morgan fingerprint density at radius 3 is 3.07 bits per heavy atom. The molecular formula is C19H23N5O3. The highest BCUT2D eigenvalue weighted by Crippen LogP contribution is 2.25. The van der Waals surface area contributed by atoms with E-state index in [2.05, 4.69) is 20.4 Å². The van der Waals surface area contributed by atoms with E-state index in [0.717, 1.165) is 46.7 Å². The summed E-state index contributed by atoms with van der Waals surface area (Å²) in [6.45, 7) is 3.28. The van der Waals surface area contributed by atoms with E-state index in [1.54, 1.807) is 7.11 Å². The third-order valence-electron chi connectivity index (χ3n) is 5.14. The molecule has 0 fully saturated rings. The van der Waals surface area contributed by atoms with Crippen LogP contribution in [0.15, 0.2) is 18.2 Å². The Hall–Kier alpha value is -2.87. The van der Waals surface area contributed by atoms with E-state index >= 15 is 0 Å². The zero-order valence-electron chi connectivity index (χ0n) is 15.5. The quantitative estimate of drug-likeness (QED) is 0.615. The number of aromatic amines is 1. The fraction of sp³-hybridized carbons (Fsp3) is 0.421. The maximum absolute atomic E-state index is 11.5. The summed E-state index contributed by atoms with van der Waals surface area (Å²) in [5.41, 5.74) is 3.95. The predicted molar refractivity (Wildman–Crippen MR) is 100 cm³/mol. The Balaban J connectivity index is 1.47. The Morgan fingerprint density at radius 2 is 2.33 bits per heavy atom. The highest BCUT2D eigenvalue weighted by molar-refractivity contribution is 5.87. The first-order valence-electron chi connectivity index (χ1n) is 9.17. The van der Waals surface area contributed by atoms with Crippen LogP contribution in [0, 0.1) is 0 Å². The van der Waals surface area contributed by atoms with Gasteiger partial charge in [-0.05, 0) is 38.3 Å². The molecule has 0 amide bonds. The van der Waals surface area contributed by atoms with Crippen LogP contribution in [-0.2, 0) is 25.9 Å². The number of nitrogens with one attached hydrogen (secondary N) is 2. The standard InChI is InChI=1S/C19H23N5O3/c1-3-24-16-7-4-11(8-13(16)18(23-24)19(25)26)20-10-17-21-14-6-5-12(27-2)9-15(14)22-17/h5-6,9,11,20H,3-4,7-8,10H2,1-2H3,(H,21,22)(H,25,26)/t11-/m0/s1. The van der Waals surface area contributed by atoms with Crippen LogP contribution >= 0.6 is 0 Å². The van der Waals surface area contributed by atoms with Crippen LogP contribution in [0.2, 0.25) is 0 Å². The third-order valence-corrected chi connectivity index (χ3v) is 5.14. The molecule has 1 aromatic carbocycles. The van der Waals surface area contributed by atoms with Crippen LogP contribution < -0.4 is 10.1 Å². The Kier molecular flexibility index (Phi) is 4.57. The Bertz CT molecular complexity index is 991. The minimum atomic E-state index is -0.953. The van der Waals surface area contributed by atoms with Gasteiger partial charge in [0, 0.05) is 29.9 Å². The number of hydrogen-bond donors (Lipinski definition) is 3. The molecule has 1 aliphatic carbocycles. The molecular weight excluding hydrogens is 346 g/mol. The molecule has 0 radical (unpaired) electrons. The molecule has 0 aliphatic heterocycles. The summed E-state index contributed by atoms with van der Waals surface area (Å²) in [6.07, 6.45) is 2.45. The number of nitrogens with zero attached hydrogens (tertiary/aromatic N) is 3. The van der Waals surface area contributed by atoms with Crippen LogP contribution in [0.1, 0.15) is 40.9 Å². The molecule has 2 heterocycles. The maximum Gasteiger partial charge on any atom is 0.356 e. The first-order chi connectivity index (χ1) is 13.1. The average Bonchev–Trinajstić information content (AvgIpc) is 3.26. The van der Waals surface area contributed by atoms with Gasteiger partial charge in [-0.1, -0.05) is 0 Å². The number of benzene rings is 1. The number of rotatable bonds is 6. The number of aromatic nitrogens is 4. The first-order valence-corrected chi connectivity index (χ1v) is 9.17. The summed E-state index contributed by atoms with van der Waals surface area (Å²) in [5, 5.41) is 17.2. The number of carboxylic acid groups (broad SMARTS) is 1. The second-order valence-corrected chi connectivity index (χ2v) is 6.78. The molecule has 0 saturated carbocycles. The molecule has 0 spiro atoms. The lowest BCUT2D eigenvalue weighted by Gasteiger charge is -2.24. The van der Waals surface area contributed by atoms with Gasteiger partial charge in [0.05, 0.1) is 24.7 Å². The number of carbonyl (C=O) groups is 1. The molecule has 27 heavy (non-hydrogen) atoms. The monoisotopic (exact) mass is 369 g/mol. The SMILES string of the molecule is CCn1nc(C(=O)O)c2c1CC[C@H](NCc1nc3ccc(OC)cc3[nH]1)C2. The predicted octanol–water partition coefficient (Wildman–Crippen LogP) is 2.13. The van der Waals surface area contributed by atoms with Gasteiger partial charge in [-0.15, -0.1) is 0 Å². The molecule has 0 saturated heterocycles. The van der Waals surface area contributed by atoms with E-state index in [4.69, 9.17) is 4.74 Å². The van der Waals surface area contributed by atoms with Crippen LogP contribution in [0.3, 0.4) is 0 Å². The molecule has 4 rings (SSSR count). The summed E-state index contributed by atoms with van der Waals surface area (Å²) in [5.74, 6) is 0.691. The van der Waals surface area contributed by atoms with Crippen molar-refractivity contribution in [2.45, 2.75) is 45.3 Å². The van der Waals surface area contributed by atoms with Gasteiger partial charge >= 0.3 is 5.97 Å². The molecule has 0 bridgehead atoms. The molecule has 0 unspecified atom stereocenters. The van der Waals surface area contributed by atoms with Crippen molar-refractivity contribution in [1.29, 1.82) is 0 Å². The number of hydrogen-bond acceptors (Lipinski definition) is 5. The summed E-state index contributed by atoms with van der Waals surface area (Å²) in [7, 11) is 1.64. The molecule has 142 valence electrons. The van der Waals surface area contributed by atoms with E-state index in [0.29, 0.717) is 19.5 Å². The van der Waals surface area contributed by atoms with Crippen molar-refractivity contribution in [1.82, 2.24) is 25.1 Å². The number of carboxylic acids is 1. The van der Waals surface area contributed by atoms with Gasteiger partial charge in [-0.2, -0.15) is 5.10 Å².